The zero-order valence-corrected chi connectivity index (χ0v) is 10.8. The van der Waals surface area contributed by atoms with Gasteiger partial charge in [0.1, 0.15) is 0 Å². The zero-order chi connectivity index (χ0) is 11.7. The van der Waals surface area contributed by atoms with Crippen LogP contribution in [-0.4, -0.2) is 16.8 Å². The van der Waals surface area contributed by atoms with E-state index in [0.717, 1.165) is 19.3 Å². The lowest BCUT2D eigenvalue weighted by atomic mass is 9.88. The Kier molecular flexibility index (Phi) is 2.99. The molecule has 0 spiro atoms. The van der Waals surface area contributed by atoms with E-state index in [-0.39, 0.29) is 10.7 Å². The molecule has 3 rings (SSSR count). The highest BCUT2D eigenvalue weighted by atomic mass is 32.2. The van der Waals surface area contributed by atoms with E-state index >= 15 is 0 Å². The number of carbonyl (C=O) groups excluding carboxylic acids is 1. The van der Waals surface area contributed by atoms with Crippen LogP contribution in [0.3, 0.4) is 0 Å². The summed E-state index contributed by atoms with van der Waals surface area (Å²) >= 11 is 1.88. The fourth-order valence-corrected chi connectivity index (χ4v) is 4.18. The predicted octanol–water partition coefficient (Wildman–Crippen LogP) is 3.57. The molecule has 1 saturated heterocycles. The van der Waals surface area contributed by atoms with Crippen LogP contribution in [-0.2, 0) is 10.2 Å². The first-order chi connectivity index (χ1) is 8.33. The molecular weight excluding hydrogens is 228 g/mol. The highest BCUT2D eigenvalue weighted by Gasteiger charge is 2.52. The molecule has 1 unspecified atom stereocenters. The molecule has 90 valence electrons. The third kappa shape index (κ3) is 2.03. The summed E-state index contributed by atoms with van der Waals surface area (Å²) < 4.78 is 0. The number of hydrogen-bond acceptors (Lipinski definition) is 2. The summed E-state index contributed by atoms with van der Waals surface area (Å²) in [6.45, 7) is 0. The molecule has 2 aliphatic rings. The second-order valence-electron chi connectivity index (χ2n) is 5.17. The van der Waals surface area contributed by atoms with Crippen LogP contribution < -0.4 is 0 Å². The van der Waals surface area contributed by atoms with Crippen LogP contribution in [0.2, 0.25) is 0 Å². The summed E-state index contributed by atoms with van der Waals surface area (Å²) in [5.74, 6) is 1.68. The van der Waals surface area contributed by atoms with Crippen LogP contribution >= 0.6 is 11.8 Å². The topological polar surface area (TPSA) is 17.1 Å². The SMILES string of the molecule is O=C(C1CCCCS1)C1(c2ccccc2)CC1. The number of ketones is 1. The monoisotopic (exact) mass is 246 g/mol. The fraction of sp³-hybridized carbons (Fsp3) is 0.533. The van der Waals surface area contributed by atoms with Gasteiger partial charge in [0.05, 0.1) is 10.7 Å². The van der Waals surface area contributed by atoms with Crippen molar-refractivity contribution in [2.24, 2.45) is 0 Å². The smallest absolute Gasteiger partial charge is 0.156 e. The standard InChI is InChI=1S/C15H18OS/c16-14(13-8-4-5-11-17-13)15(9-10-15)12-6-2-1-3-7-12/h1-3,6-7,13H,4-5,8-11H2. The number of rotatable bonds is 3. The number of benzene rings is 1. The number of hydrogen-bond donors (Lipinski definition) is 0. The highest BCUT2D eigenvalue weighted by molar-refractivity contribution is 8.00. The van der Waals surface area contributed by atoms with Gasteiger partial charge in [0.2, 0.25) is 0 Å². The van der Waals surface area contributed by atoms with E-state index in [2.05, 4.69) is 24.3 Å². The molecule has 1 heterocycles. The molecule has 1 aromatic carbocycles. The predicted molar refractivity (Wildman–Crippen MR) is 72.5 cm³/mol. The van der Waals surface area contributed by atoms with Gasteiger partial charge in [-0.1, -0.05) is 36.8 Å². The number of Topliss-reactive ketones (excluding diaryl/α,β-unsaturated/α-hetero) is 1. The van der Waals surface area contributed by atoms with E-state index in [4.69, 9.17) is 0 Å². The molecule has 1 saturated carbocycles. The Labute approximate surface area is 107 Å². The Morgan fingerprint density at radius 2 is 1.94 bits per heavy atom. The van der Waals surface area contributed by atoms with Crippen molar-refractivity contribution in [2.75, 3.05) is 5.75 Å². The van der Waals surface area contributed by atoms with Gasteiger partial charge in [0, 0.05) is 0 Å². The van der Waals surface area contributed by atoms with Crippen molar-refractivity contribution >= 4 is 17.5 Å². The average molecular weight is 246 g/mol. The van der Waals surface area contributed by atoms with Crippen LogP contribution in [0.1, 0.15) is 37.7 Å². The van der Waals surface area contributed by atoms with E-state index in [0.29, 0.717) is 5.78 Å². The molecule has 1 aliphatic heterocycles. The maximum Gasteiger partial charge on any atom is 0.156 e. The summed E-state index contributed by atoms with van der Waals surface area (Å²) in [4.78, 5) is 12.7. The van der Waals surface area contributed by atoms with Gasteiger partial charge in [0.25, 0.3) is 0 Å². The first-order valence-electron chi connectivity index (χ1n) is 6.54. The largest absolute Gasteiger partial charge is 0.297 e. The zero-order valence-electron chi connectivity index (χ0n) is 10.0. The minimum absolute atomic E-state index is 0.101. The summed E-state index contributed by atoms with van der Waals surface area (Å²) in [5, 5.41) is 0.270. The van der Waals surface area contributed by atoms with Gasteiger partial charge in [0.15, 0.2) is 5.78 Å². The first-order valence-corrected chi connectivity index (χ1v) is 7.59. The van der Waals surface area contributed by atoms with E-state index in [1.807, 2.05) is 17.8 Å². The van der Waals surface area contributed by atoms with Gasteiger partial charge < -0.3 is 0 Å². The molecule has 2 heteroatoms. The van der Waals surface area contributed by atoms with Crippen LogP contribution in [0.4, 0.5) is 0 Å². The number of thioether (sulfide) groups is 1. The third-order valence-corrected chi connectivity index (χ3v) is 5.40. The molecule has 0 radical (unpaired) electrons. The van der Waals surface area contributed by atoms with Crippen LogP contribution in [0.15, 0.2) is 30.3 Å². The molecule has 0 amide bonds. The summed E-state index contributed by atoms with van der Waals surface area (Å²) in [5.41, 5.74) is 1.15. The van der Waals surface area contributed by atoms with Crippen LogP contribution in [0.25, 0.3) is 0 Å². The van der Waals surface area contributed by atoms with Gasteiger partial charge >= 0.3 is 0 Å². The molecule has 2 fully saturated rings. The van der Waals surface area contributed by atoms with Crippen molar-refractivity contribution in [2.45, 2.75) is 42.8 Å². The molecular formula is C15H18OS. The molecule has 17 heavy (non-hydrogen) atoms. The summed E-state index contributed by atoms with van der Waals surface area (Å²) in [6.07, 6.45) is 5.74. The second kappa shape index (κ2) is 4.49. The molecule has 1 aliphatic carbocycles. The normalized spacial score (nSPS) is 26.5. The van der Waals surface area contributed by atoms with Gasteiger partial charge in [-0.05, 0) is 37.0 Å². The molecule has 1 nitrogen and oxygen atoms in total. The minimum atomic E-state index is -0.101. The fourth-order valence-electron chi connectivity index (χ4n) is 2.82. The van der Waals surface area contributed by atoms with E-state index in [9.17, 15) is 4.79 Å². The Morgan fingerprint density at radius 1 is 1.18 bits per heavy atom. The average Bonchev–Trinajstić information content (AvgIpc) is 3.21. The molecule has 0 aromatic heterocycles. The Hall–Kier alpha value is -0.760. The summed E-state index contributed by atoms with van der Waals surface area (Å²) in [7, 11) is 0. The Balaban J connectivity index is 1.81. The van der Waals surface area contributed by atoms with Crippen molar-refractivity contribution in [1.29, 1.82) is 0 Å². The molecule has 0 N–H and O–H groups in total. The van der Waals surface area contributed by atoms with E-state index < -0.39 is 0 Å². The van der Waals surface area contributed by atoms with Crippen molar-refractivity contribution < 1.29 is 4.79 Å². The van der Waals surface area contributed by atoms with E-state index in [1.165, 1.54) is 24.2 Å². The van der Waals surface area contributed by atoms with Gasteiger partial charge in [-0.3, -0.25) is 4.79 Å². The van der Waals surface area contributed by atoms with Crippen molar-refractivity contribution in [3.8, 4) is 0 Å². The quantitative estimate of drug-likeness (QED) is 0.811. The minimum Gasteiger partial charge on any atom is -0.297 e. The van der Waals surface area contributed by atoms with Gasteiger partial charge in [-0.25, -0.2) is 0 Å². The maximum absolute atomic E-state index is 12.7. The van der Waals surface area contributed by atoms with Crippen LogP contribution in [0.5, 0.6) is 0 Å². The van der Waals surface area contributed by atoms with E-state index in [1.54, 1.807) is 0 Å². The lowest BCUT2D eigenvalue weighted by molar-refractivity contribution is -0.121. The Morgan fingerprint density at radius 3 is 2.53 bits per heavy atom. The lowest BCUT2D eigenvalue weighted by Gasteiger charge is -2.25. The van der Waals surface area contributed by atoms with Crippen molar-refractivity contribution in [1.82, 2.24) is 0 Å². The van der Waals surface area contributed by atoms with Crippen LogP contribution in [0, 0.1) is 0 Å². The maximum atomic E-state index is 12.7. The van der Waals surface area contributed by atoms with Gasteiger partial charge in [-0.15, -0.1) is 0 Å². The first kappa shape index (κ1) is 11.3. The molecule has 1 atom stereocenters. The molecule has 0 bridgehead atoms. The van der Waals surface area contributed by atoms with Crippen molar-refractivity contribution in [3.05, 3.63) is 35.9 Å². The lowest BCUT2D eigenvalue weighted by Crippen LogP contribution is -2.32. The second-order valence-corrected chi connectivity index (χ2v) is 6.48. The van der Waals surface area contributed by atoms with Gasteiger partial charge in [-0.2, -0.15) is 11.8 Å². The van der Waals surface area contributed by atoms with Crippen molar-refractivity contribution in [3.63, 3.8) is 0 Å². The summed E-state index contributed by atoms with van der Waals surface area (Å²) in [6, 6.07) is 10.4. The Bertz CT molecular complexity index is 402. The highest BCUT2D eigenvalue weighted by Crippen LogP contribution is 2.51. The third-order valence-electron chi connectivity index (χ3n) is 4.02. The molecule has 1 aromatic rings. The number of carbonyl (C=O) groups is 1.